The second kappa shape index (κ2) is 3.71. The zero-order chi connectivity index (χ0) is 11.2. The molecule has 0 N–H and O–H groups in total. The van der Waals surface area contributed by atoms with Crippen LogP contribution in [0.2, 0.25) is 0 Å². The van der Waals surface area contributed by atoms with Crippen molar-refractivity contribution in [1.29, 1.82) is 0 Å². The highest BCUT2D eigenvalue weighted by Crippen LogP contribution is 2.52. The van der Waals surface area contributed by atoms with Crippen molar-refractivity contribution in [2.75, 3.05) is 26.2 Å². The monoisotopic (exact) mass is 223 g/mol. The molecule has 0 amide bonds. The highest BCUT2D eigenvalue weighted by Gasteiger charge is 2.50. The Morgan fingerprint density at radius 1 is 1.19 bits per heavy atom. The van der Waals surface area contributed by atoms with Gasteiger partial charge in [-0.15, -0.1) is 0 Å². The zero-order valence-electron chi connectivity index (χ0n) is 10.8. The third-order valence-electron chi connectivity index (χ3n) is 4.49. The van der Waals surface area contributed by atoms with E-state index in [0.29, 0.717) is 11.0 Å². The highest BCUT2D eigenvalue weighted by molar-refractivity contribution is 5.03. The smallest absolute Gasteiger partial charge is 0.0811 e. The average Bonchev–Trinajstić information content (AvgIpc) is 3.08. The predicted molar refractivity (Wildman–Crippen MR) is 65.5 cm³/mol. The van der Waals surface area contributed by atoms with E-state index < -0.39 is 0 Å². The summed E-state index contributed by atoms with van der Waals surface area (Å²) in [5.41, 5.74) is 1.01. The third kappa shape index (κ3) is 2.28. The maximum absolute atomic E-state index is 5.88. The standard InChI is InChI=1S/C14H25NO/c1-12(2)9-13(3-4-13)10-15-7-8-16-14(11-15)5-6-14/h12H,3-11H2,1-2H3. The molecule has 2 aliphatic carbocycles. The predicted octanol–water partition coefficient (Wildman–Crippen LogP) is 2.68. The van der Waals surface area contributed by atoms with Gasteiger partial charge in [0.05, 0.1) is 12.2 Å². The van der Waals surface area contributed by atoms with Gasteiger partial charge in [0.15, 0.2) is 0 Å². The van der Waals surface area contributed by atoms with Crippen LogP contribution < -0.4 is 0 Å². The lowest BCUT2D eigenvalue weighted by Gasteiger charge is -2.36. The molecule has 3 fully saturated rings. The Hall–Kier alpha value is -0.0800. The van der Waals surface area contributed by atoms with Crippen LogP contribution in [-0.2, 0) is 4.74 Å². The Morgan fingerprint density at radius 3 is 2.50 bits per heavy atom. The van der Waals surface area contributed by atoms with E-state index in [1.54, 1.807) is 0 Å². The van der Waals surface area contributed by atoms with E-state index >= 15 is 0 Å². The first-order chi connectivity index (χ1) is 7.62. The van der Waals surface area contributed by atoms with Crippen molar-refractivity contribution in [3.8, 4) is 0 Å². The van der Waals surface area contributed by atoms with Gasteiger partial charge in [-0.3, -0.25) is 4.90 Å². The Bertz CT molecular complexity index is 266. The molecule has 1 spiro atoms. The van der Waals surface area contributed by atoms with Crippen LogP contribution in [0.3, 0.4) is 0 Å². The molecular weight excluding hydrogens is 198 g/mol. The van der Waals surface area contributed by atoms with E-state index in [0.717, 1.165) is 12.5 Å². The Labute approximate surface area is 99.3 Å². The normalized spacial score (nSPS) is 30.9. The Kier molecular flexibility index (Phi) is 2.56. The van der Waals surface area contributed by atoms with E-state index in [-0.39, 0.29) is 0 Å². The SMILES string of the molecule is CC(C)CC1(CN2CCOC3(CC3)C2)CC1. The van der Waals surface area contributed by atoms with E-state index in [9.17, 15) is 0 Å². The summed E-state index contributed by atoms with van der Waals surface area (Å²) in [5, 5.41) is 0. The molecule has 0 aromatic rings. The van der Waals surface area contributed by atoms with Crippen molar-refractivity contribution in [2.45, 2.75) is 51.6 Å². The largest absolute Gasteiger partial charge is 0.372 e. The molecule has 2 heteroatoms. The fraction of sp³-hybridized carbons (Fsp3) is 1.00. The van der Waals surface area contributed by atoms with Crippen LogP contribution in [0.5, 0.6) is 0 Å². The van der Waals surface area contributed by atoms with Crippen LogP contribution in [0.15, 0.2) is 0 Å². The van der Waals surface area contributed by atoms with Crippen molar-refractivity contribution in [3.05, 3.63) is 0 Å². The summed E-state index contributed by atoms with van der Waals surface area (Å²) in [6.45, 7) is 9.42. The summed E-state index contributed by atoms with van der Waals surface area (Å²) in [7, 11) is 0. The summed E-state index contributed by atoms with van der Waals surface area (Å²) in [4.78, 5) is 2.69. The highest BCUT2D eigenvalue weighted by atomic mass is 16.5. The average molecular weight is 223 g/mol. The molecule has 2 saturated carbocycles. The van der Waals surface area contributed by atoms with Crippen LogP contribution >= 0.6 is 0 Å². The van der Waals surface area contributed by atoms with Crippen molar-refractivity contribution in [3.63, 3.8) is 0 Å². The molecule has 0 aromatic carbocycles. The molecule has 3 aliphatic rings. The molecule has 92 valence electrons. The number of ether oxygens (including phenoxy) is 1. The van der Waals surface area contributed by atoms with Crippen LogP contribution in [0.4, 0.5) is 0 Å². The van der Waals surface area contributed by atoms with Gasteiger partial charge in [-0.25, -0.2) is 0 Å². The second-order valence-corrected chi connectivity index (χ2v) is 6.84. The number of nitrogens with zero attached hydrogens (tertiary/aromatic N) is 1. The Morgan fingerprint density at radius 2 is 1.94 bits per heavy atom. The van der Waals surface area contributed by atoms with Crippen molar-refractivity contribution in [2.24, 2.45) is 11.3 Å². The molecule has 0 bridgehead atoms. The van der Waals surface area contributed by atoms with E-state index in [2.05, 4.69) is 18.7 Å². The van der Waals surface area contributed by atoms with Crippen molar-refractivity contribution >= 4 is 0 Å². The minimum atomic E-state index is 0.312. The summed E-state index contributed by atoms with van der Waals surface area (Å²) >= 11 is 0. The molecule has 2 nitrogen and oxygen atoms in total. The first-order valence-corrected chi connectivity index (χ1v) is 6.98. The quantitative estimate of drug-likeness (QED) is 0.726. The van der Waals surface area contributed by atoms with Gasteiger partial charge in [-0.05, 0) is 43.4 Å². The van der Waals surface area contributed by atoms with Crippen LogP contribution in [-0.4, -0.2) is 36.7 Å². The Balaban J connectivity index is 1.54. The molecule has 3 rings (SSSR count). The van der Waals surface area contributed by atoms with Crippen molar-refractivity contribution in [1.82, 2.24) is 4.90 Å². The lowest BCUT2D eigenvalue weighted by Crippen LogP contribution is -2.46. The number of rotatable bonds is 4. The van der Waals surface area contributed by atoms with E-state index in [4.69, 9.17) is 4.74 Å². The fourth-order valence-corrected chi connectivity index (χ4v) is 3.44. The molecule has 1 aliphatic heterocycles. The summed E-state index contributed by atoms with van der Waals surface area (Å²) < 4.78 is 5.88. The van der Waals surface area contributed by atoms with Gasteiger partial charge in [0.25, 0.3) is 0 Å². The van der Waals surface area contributed by atoms with Gasteiger partial charge in [0.2, 0.25) is 0 Å². The van der Waals surface area contributed by atoms with Gasteiger partial charge >= 0.3 is 0 Å². The van der Waals surface area contributed by atoms with Crippen LogP contribution in [0.25, 0.3) is 0 Å². The minimum absolute atomic E-state index is 0.312. The first kappa shape index (κ1) is 11.0. The molecule has 0 atom stereocenters. The molecular formula is C14H25NO. The van der Waals surface area contributed by atoms with Gasteiger partial charge in [0, 0.05) is 19.6 Å². The number of hydrogen-bond donors (Lipinski definition) is 0. The topological polar surface area (TPSA) is 12.5 Å². The van der Waals surface area contributed by atoms with Crippen LogP contribution in [0, 0.1) is 11.3 Å². The summed E-state index contributed by atoms with van der Waals surface area (Å²) in [5.74, 6) is 0.860. The molecule has 0 unspecified atom stereocenters. The van der Waals surface area contributed by atoms with Gasteiger partial charge in [-0.2, -0.15) is 0 Å². The molecule has 1 saturated heterocycles. The summed E-state index contributed by atoms with van der Waals surface area (Å²) in [6, 6.07) is 0. The van der Waals surface area contributed by atoms with Gasteiger partial charge in [0.1, 0.15) is 0 Å². The number of morpholine rings is 1. The maximum Gasteiger partial charge on any atom is 0.0811 e. The molecule has 16 heavy (non-hydrogen) atoms. The zero-order valence-corrected chi connectivity index (χ0v) is 10.8. The van der Waals surface area contributed by atoms with E-state index in [1.165, 1.54) is 51.7 Å². The van der Waals surface area contributed by atoms with Gasteiger partial charge in [-0.1, -0.05) is 13.8 Å². The molecule has 0 aromatic heterocycles. The van der Waals surface area contributed by atoms with E-state index in [1.807, 2.05) is 0 Å². The lowest BCUT2D eigenvalue weighted by molar-refractivity contribution is -0.0520. The summed E-state index contributed by atoms with van der Waals surface area (Å²) in [6.07, 6.45) is 6.98. The second-order valence-electron chi connectivity index (χ2n) is 6.84. The molecule has 0 radical (unpaired) electrons. The minimum Gasteiger partial charge on any atom is -0.372 e. The molecule has 1 heterocycles. The van der Waals surface area contributed by atoms with Crippen molar-refractivity contribution < 1.29 is 4.74 Å². The first-order valence-electron chi connectivity index (χ1n) is 6.98. The van der Waals surface area contributed by atoms with Crippen LogP contribution in [0.1, 0.15) is 46.0 Å². The maximum atomic E-state index is 5.88. The lowest BCUT2D eigenvalue weighted by atomic mass is 9.93. The van der Waals surface area contributed by atoms with Gasteiger partial charge < -0.3 is 4.74 Å². The number of hydrogen-bond acceptors (Lipinski definition) is 2. The fourth-order valence-electron chi connectivity index (χ4n) is 3.44. The third-order valence-corrected chi connectivity index (χ3v) is 4.49.